The van der Waals surface area contributed by atoms with Gasteiger partial charge in [-0.3, -0.25) is 9.78 Å². The summed E-state index contributed by atoms with van der Waals surface area (Å²) in [6.45, 7) is 0. The molecule has 0 bridgehead atoms. The third-order valence-electron chi connectivity index (χ3n) is 3.97. The number of fused-ring (bicyclic) bond motifs is 1. The van der Waals surface area contributed by atoms with E-state index in [2.05, 4.69) is 10.3 Å². The molecule has 6 heteroatoms. The van der Waals surface area contributed by atoms with Crippen LogP contribution in [0.25, 0.3) is 10.8 Å². The molecule has 0 unspecified atom stereocenters. The summed E-state index contributed by atoms with van der Waals surface area (Å²) in [4.78, 5) is 15.8. The fourth-order valence-corrected chi connectivity index (χ4v) is 2.45. The molecular weight excluding hydrogens is 278 g/mol. The minimum Gasteiger partial charge on any atom is -0.383 e. The summed E-state index contributed by atoms with van der Waals surface area (Å²) in [5.41, 5.74) is -2.02. The summed E-state index contributed by atoms with van der Waals surface area (Å²) in [5.74, 6) is -5.31. The molecule has 0 radical (unpaired) electrons. The molecule has 1 heterocycles. The van der Waals surface area contributed by atoms with Gasteiger partial charge in [-0.25, -0.2) is 0 Å². The highest BCUT2D eigenvalue weighted by Gasteiger charge is 2.61. The number of hydrogen-bond donors (Lipinski definition) is 2. The Morgan fingerprint density at radius 3 is 2.67 bits per heavy atom. The van der Waals surface area contributed by atoms with Gasteiger partial charge in [0.05, 0.1) is 11.9 Å². The molecule has 0 aliphatic heterocycles. The Kier molecular flexibility index (Phi) is 3.13. The predicted molar refractivity (Wildman–Crippen MR) is 74.1 cm³/mol. The molecule has 21 heavy (non-hydrogen) atoms. The molecule has 0 spiro atoms. The topological polar surface area (TPSA) is 62.2 Å². The number of aliphatic hydroxyl groups is 1. The molecule has 4 nitrogen and oxygen atoms in total. The monoisotopic (exact) mass is 292 g/mol. The van der Waals surface area contributed by atoms with Crippen LogP contribution in [0.15, 0.2) is 36.7 Å². The van der Waals surface area contributed by atoms with Crippen LogP contribution in [0, 0.1) is 0 Å². The Morgan fingerprint density at radius 1 is 1.29 bits per heavy atom. The van der Waals surface area contributed by atoms with E-state index in [0.29, 0.717) is 11.8 Å². The van der Waals surface area contributed by atoms with E-state index in [4.69, 9.17) is 0 Å². The molecule has 2 N–H and O–H groups in total. The Hall–Kier alpha value is -2.08. The molecular formula is C15H14F2N2O2. The van der Waals surface area contributed by atoms with Crippen molar-refractivity contribution in [2.45, 2.75) is 30.8 Å². The lowest BCUT2D eigenvalue weighted by molar-refractivity contribution is -0.212. The van der Waals surface area contributed by atoms with Gasteiger partial charge in [-0.15, -0.1) is 0 Å². The van der Waals surface area contributed by atoms with Crippen molar-refractivity contribution in [3.05, 3.63) is 36.7 Å². The van der Waals surface area contributed by atoms with Crippen LogP contribution in [0.5, 0.6) is 0 Å². The van der Waals surface area contributed by atoms with Crippen molar-refractivity contribution in [1.29, 1.82) is 0 Å². The first-order chi connectivity index (χ1) is 9.94. The van der Waals surface area contributed by atoms with Gasteiger partial charge in [0.2, 0.25) is 0 Å². The van der Waals surface area contributed by atoms with E-state index in [-0.39, 0.29) is 18.5 Å². The third kappa shape index (κ3) is 2.15. The second kappa shape index (κ2) is 4.73. The largest absolute Gasteiger partial charge is 0.383 e. The van der Waals surface area contributed by atoms with E-state index in [1.54, 1.807) is 30.5 Å². The van der Waals surface area contributed by atoms with Crippen molar-refractivity contribution in [2.75, 3.05) is 5.32 Å². The number of nitrogens with zero attached hydrogens (tertiary/aromatic N) is 1. The minimum absolute atomic E-state index is 0.0682. The van der Waals surface area contributed by atoms with Crippen LogP contribution in [0.2, 0.25) is 0 Å². The summed E-state index contributed by atoms with van der Waals surface area (Å²) in [5, 5.41) is 13.3. The van der Waals surface area contributed by atoms with Crippen molar-refractivity contribution in [2.24, 2.45) is 0 Å². The summed E-state index contributed by atoms with van der Waals surface area (Å²) in [6.07, 6.45) is 3.27. The number of hydrogen-bond acceptors (Lipinski definition) is 3. The van der Waals surface area contributed by atoms with Crippen molar-refractivity contribution < 1.29 is 18.7 Å². The molecule has 3 rings (SSSR count). The van der Waals surface area contributed by atoms with Crippen LogP contribution >= 0.6 is 0 Å². The first kappa shape index (κ1) is 13.9. The van der Waals surface area contributed by atoms with Crippen LogP contribution < -0.4 is 5.32 Å². The molecule has 1 saturated carbocycles. The smallest absolute Gasteiger partial charge is 0.352 e. The molecule has 1 fully saturated rings. The SMILES string of the molecule is O=C(Nc1cncc2ccccc12)C(F)(F)C1(O)CCC1. The fraction of sp³-hybridized carbons (Fsp3) is 0.333. The lowest BCUT2D eigenvalue weighted by atomic mass is 9.75. The maximum Gasteiger partial charge on any atom is 0.352 e. The molecule has 1 aromatic carbocycles. The van der Waals surface area contributed by atoms with Gasteiger partial charge in [-0.2, -0.15) is 8.78 Å². The van der Waals surface area contributed by atoms with Crippen LogP contribution in [0.1, 0.15) is 19.3 Å². The van der Waals surface area contributed by atoms with Gasteiger partial charge in [0.1, 0.15) is 5.60 Å². The molecule has 0 saturated heterocycles. The van der Waals surface area contributed by atoms with E-state index in [1.807, 2.05) is 0 Å². The van der Waals surface area contributed by atoms with E-state index in [1.165, 1.54) is 6.20 Å². The highest BCUT2D eigenvalue weighted by molar-refractivity contribution is 6.04. The molecule has 1 amide bonds. The zero-order valence-corrected chi connectivity index (χ0v) is 11.1. The van der Waals surface area contributed by atoms with E-state index < -0.39 is 17.4 Å². The second-order valence-electron chi connectivity index (χ2n) is 5.32. The van der Waals surface area contributed by atoms with Gasteiger partial charge < -0.3 is 10.4 Å². The first-order valence-corrected chi connectivity index (χ1v) is 6.68. The van der Waals surface area contributed by atoms with Gasteiger partial charge in [0.15, 0.2) is 0 Å². The number of carbonyl (C=O) groups excluding carboxylic acids is 1. The molecule has 110 valence electrons. The lowest BCUT2D eigenvalue weighted by Crippen LogP contribution is -2.59. The van der Waals surface area contributed by atoms with Crippen LogP contribution in [-0.2, 0) is 4.79 Å². The Labute approximate surface area is 119 Å². The van der Waals surface area contributed by atoms with Crippen molar-refractivity contribution in [3.63, 3.8) is 0 Å². The van der Waals surface area contributed by atoms with Gasteiger partial charge in [-0.1, -0.05) is 24.3 Å². The number of carbonyl (C=O) groups is 1. The zero-order chi connectivity index (χ0) is 15.1. The van der Waals surface area contributed by atoms with Gasteiger partial charge in [0, 0.05) is 17.0 Å². The van der Waals surface area contributed by atoms with Crippen molar-refractivity contribution in [3.8, 4) is 0 Å². The van der Waals surface area contributed by atoms with E-state index >= 15 is 0 Å². The maximum absolute atomic E-state index is 14.0. The minimum atomic E-state index is -3.82. The average Bonchev–Trinajstić information content (AvgIpc) is 2.45. The fourth-order valence-electron chi connectivity index (χ4n) is 2.45. The number of rotatable bonds is 3. The van der Waals surface area contributed by atoms with E-state index in [0.717, 1.165) is 5.39 Å². The number of nitrogens with one attached hydrogen (secondary N) is 1. The third-order valence-corrected chi connectivity index (χ3v) is 3.97. The number of amides is 1. The first-order valence-electron chi connectivity index (χ1n) is 6.68. The quantitative estimate of drug-likeness (QED) is 0.914. The Bertz CT molecular complexity index is 694. The van der Waals surface area contributed by atoms with E-state index in [9.17, 15) is 18.7 Å². The molecule has 2 aromatic rings. The molecule has 1 aromatic heterocycles. The normalized spacial score (nSPS) is 17.3. The number of pyridine rings is 1. The number of aromatic nitrogens is 1. The standard InChI is InChI=1S/C15H14F2N2O2/c16-15(17,14(21)6-3-7-14)13(20)19-12-9-18-8-10-4-1-2-5-11(10)12/h1-2,4-5,8-9,21H,3,6-7H2,(H,19,20). The van der Waals surface area contributed by atoms with Crippen LogP contribution in [0.3, 0.4) is 0 Å². The molecule has 1 aliphatic rings. The number of alkyl halides is 2. The summed E-state index contributed by atoms with van der Waals surface area (Å²) >= 11 is 0. The number of halogens is 2. The Morgan fingerprint density at radius 2 is 2.00 bits per heavy atom. The van der Waals surface area contributed by atoms with Crippen molar-refractivity contribution in [1.82, 2.24) is 4.98 Å². The maximum atomic E-state index is 14.0. The summed E-state index contributed by atoms with van der Waals surface area (Å²) < 4.78 is 28.1. The highest BCUT2D eigenvalue weighted by atomic mass is 19.3. The Balaban J connectivity index is 1.90. The number of anilines is 1. The number of benzene rings is 1. The summed E-state index contributed by atoms with van der Waals surface area (Å²) in [6, 6.07) is 7.02. The second-order valence-corrected chi connectivity index (χ2v) is 5.32. The highest BCUT2D eigenvalue weighted by Crippen LogP contribution is 2.44. The van der Waals surface area contributed by atoms with Gasteiger partial charge in [-0.05, 0) is 19.3 Å². The average molecular weight is 292 g/mol. The molecule has 1 aliphatic carbocycles. The predicted octanol–water partition coefficient (Wildman–Crippen LogP) is 2.72. The lowest BCUT2D eigenvalue weighted by Gasteiger charge is -2.41. The zero-order valence-electron chi connectivity index (χ0n) is 11.1. The van der Waals surface area contributed by atoms with Gasteiger partial charge in [0.25, 0.3) is 5.91 Å². The summed E-state index contributed by atoms with van der Waals surface area (Å²) in [7, 11) is 0. The van der Waals surface area contributed by atoms with Crippen molar-refractivity contribution >= 4 is 22.4 Å². The molecule has 0 atom stereocenters. The van der Waals surface area contributed by atoms with Crippen LogP contribution in [0.4, 0.5) is 14.5 Å². The van der Waals surface area contributed by atoms with Crippen LogP contribution in [-0.4, -0.2) is 27.5 Å². The van der Waals surface area contributed by atoms with Gasteiger partial charge >= 0.3 is 5.92 Å².